The minimum absolute atomic E-state index is 0.125. The number of esters is 1. The molecular weight excluding hydrogens is 817 g/mol. The molecule has 9 nitrogen and oxygen atoms in total. The summed E-state index contributed by atoms with van der Waals surface area (Å²) in [6.45, 7) is 4.40. The fourth-order valence-electron chi connectivity index (χ4n) is 7.49. The van der Waals surface area contributed by atoms with E-state index in [9.17, 15) is 25.2 Å². The van der Waals surface area contributed by atoms with E-state index in [1.54, 1.807) is 0 Å². The Bertz CT molecular complexity index is 1270. The van der Waals surface area contributed by atoms with E-state index in [1.165, 1.54) is 89.9 Å². The van der Waals surface area contributed by atoms with Crippen LogP contribution in [0.5, 0.6) is 0 Å². The van der Waals surface area contributed by atoms with Crippen LogP contribution < -0.4 is 0 Å². The highest BCUT2D eigenvalue weighted by atomic mass is 16.7. The van der Waals surface area contributed by atoms with Crippen molar-refractivity contribution in [1.29, 1.82) is 0 Å². The summed E-state index contributed by atoms with van der Waals surface area (Å²) in [5.41, 5.74) is 0. The molecule has 0 aromatic rings. The quantitative estimate of drug-likeness (QED) is 0.0268. The summed E-state index contributed by atoms with van der Waals surface area (Å²) in [7, 11) is 0. The van der Waals surface area contributed by atoms with Crippen molar-refractivity contribution in [3.8, 4) is 0 Å². The molecule has 0 aliphatic carbocycles. The van der Waals surface area contributed by atoms with Crippen molar-refractivity contribution in [3.05, 3.63) is 85.1 Å². The molecule has 0 amide bonds. The minimum atomic E-state index is -1.54. The summed E-state index contributed by atoms with van der Waals surface area (Å²) >= 11 is 0. The Kier molecular flexibility index (Phi) is 43.2. The van der Waals surface area contributed by atoms with Gasteiger partial charge in [-0.15, -0.1) is 0 Å². The van der Waals surface area contributed by atoms with E-state index in [4.69, 9.17) is 18.9 Å². The molecule has 9 heteroatoms. The summed E-state index contributed by atoms with van der Waals surface area (Å²) in [6, 6.07) is 0. The van der Waals surface area contributed by atoms with Gasteiger partial charge in [0.2, 0.25) is 0 Å². The van der Waals surface area contributed by atoms with E-state index in [2.05, 4.69) is 98.9 Å². The summed E-state index contributed by atoms with van der Waals surface area (Å²) < 4.78 is 22.9. The zero-order chi connectivity index (χ0) is 47.1. The maximum Gasteiger partial charge on any atom is 0.306 e. The zero-order valence-electron chi connectivity index (χ0n) is 41.2. The molecule has 4 N–H and O–H groups in total. The lowest BCUT2D eigenvalue weighted by Gasteiger charge is -2.39. The molecule has 0 saturated carbocycles. The number of allylic oxidation sites excluding steroid dienone is 14. The van der Waals surface area contributed by atoms with Crippen LogP contribution in [0.2, 0.25) is 0 Å². The van der Waals surface area contributed by atoms with Crippen LogP contribution in [0.3, 0.4) is 0 Å². The first kappa shape index (κ1) is 60.4. The Morgan fingerprint density at radius 2 is 0.938 bits per heavy atom. The average Bonchev–Trinajstić information content (AvgIpc) is 3.31. The Labute approximate surface area is 397 Å². The average molecular weight is 913 g/mol. The molecule has 6 atom stereocenters. The predicted molar refractivity (Wildman–Crippen MR) is 270 cm³/mol. The molecule has 0 aromatic carbocycles. The lowest BCUT2D eigenvalue weighted by Crippen LogP contribution is -2.59. The van der Waals surface area contributed by atoms with Crippen LogP contribution in [0, 0.1) is 0 Å². The molecule has 1 rings (SSSR count). The van der Waals surface area contributed by atoms with Crippen LogP contribution in [0.25, 0.3) is 0 Å². The molecule has 0 aromatic heterocycles. The van der Waals surface area contributed by atoms with Crippen molar-refractivity contribution in [2.45, 2.75) is 237 Å². The van der Waals surface area contributed by atoms with Gasteiger partial charge in [-0.3, -0.25) is 4.79 Å². The molecule has 0 spiro atoms. The second-order valence-corrected chi connectivity index (χ2v) is 17.6. The Morgan fingerprint density at radius 3 is 1.42 bits per heavy atom. The Hall–Kier alpha value is -2.63. The van der Waals surface area contributed by atoms with E-state index < -0.39 is 43.4 Å². The van der Waals surface area contributed by atoms with Crippen LogP contribution in [-0.2, 0) is 23.7 Å². The van der Waals surface area contributed by atoms with E-state index in [-0.39, 0.29) is 19.2 Å². The van der Waals surface area contributed by atoms with Gasteiger partial charge in [0.25, 0.3) is 0 Å². The molecule has 1 saturated heterocycles. The summed E-state index contributed by atoms with van der Waals surface area (Å²) in [6.07, 6.45) is 56.1. The van der Waals surface area contributed by atoms with Gasteiger partial charge in [0.15, 0.2) is 6.29 Å². The SMILES string of the molecule is CC/C=C\C/C=C\C/C=C\C/C=C\C/C=C\CCCCCCCCCCCCOCC(COC1OC(CO)C(O)C(O)C1O)OC(=O)CCCCCCC/C=C\C/C=C\CCCCCC. The number of ether oxygens (including phenoxy) is 4. The molecule has 1 aliphatic heterocycles. The monoisotopic (exact) mass is 913 g/mol. The molecular formula is C56H96O9. The molecule has 374 valence electrons. The summed E-state index contributed by atoms with van der Waals surface area (Å²) in [5.74, 6) is -0.331. The molecule has 6 unspecified atom stereocenters. The van der Waals surface area contributed by atoms with Gasteiger partial charge in [0.05, 0.1) is 19.8 Å². The van der Waals surface area contributed by atoms with Gasteiger partial charge in [-0.1, -0.05) is 189 Å². The number of hydrogen-bond acceptors (Lipinski definition) is 9. The van der Waals surface area contributed by atoms with Gasteiger partial charge in [-0.25, -0.2) is 0 Å². The fraction of sp³-hybridized carbons (Fsp3) is 0.732. The lowest BCUT2D eigenvalue weighted by molar-refractivity contribution is -0.305. The number of aliphatic hydroxyl groups excluding tert-OH is 4. The van der Waals surface area contributed by atoms with Gasteiger partial charge >= 0.3 is 5.97 Å². The fourth-order valence-corrected chi connectivity index (χ4v) is 7.49. The smallest absolute Gasteiger partial charge is 0.306 e. The van der Waals surface area contributed by atoms with Crippen molar-refractivity contribution in [2.75, 3.05) is 26.4 Å². The summed E-state index contributed by atoms with van der Waals surface area (Å²) in [4.78, 5) is 12.8. The predicted octanol–water partition coefficient (Wildman–Crippen LogP) is 13.0. The zero-order valence-corrected chi connectivity index (χ0v) is 41.2. The second-order valence-electron chi connectivity index (χ2n) is 17.6. The lowest BCUT2D eigenvalue weighted by atomic mass is 9.99. The van der Waals surface area contributed by atoms with E-state index >= 15 is 0 Å². The van der Waals surface area contributed by atoms with Crippen LogP contribution in [0.4, 0.5) is 0 Å². The Morgan fingerprint density at radius 1 is 0.508 bits per heavy atom. The highest BCUT2D eigenvalue weighted by Crippen LogP contribution is 2.22. The van der Waals surface area contributed by atoms with Crippen molar-refractivity contribution in [2.24, 2.45) is 0 Å². The summed E-state index contributed by atoms with van der Waals surface area (Å²) in [5, 5.41) is 40.3. The maximum absolute atomic E-state index is 12.8. The number of hydrogen-bond donors (Lipinski definition) is 4. The Balaban J connectivity index is 2.20. The van der Waals surface area contributed by atoms with Crippen LogP contribution in [-0.4, -0.2) is 89.6 Å². The van der Waals surface area contributed by atoms with Crippen LogP contribution in [0.1, 0.15) is 200 Å². The van der Waals surface area contributed by atoms with E-state index in [0.717, 1.165) is 89.9 Å². The molecule has 0 radical (unpaired) electrons. The topological polar surface area (TPSA) is 135 Å². The first-order valence-electron chi connectivity index (χ1n) is 26.2. The highest BCUT2D eigenvalue weighted by Gasteiger charge is 2.44. The van der Waals surface area contributed by atoms with Crippen LogP contribution >= 0.6 is 0 Å². The maximum atomic E-state index is 12.8. The van der Waals surface area contributed by atoms with Gasteiger partial charge < -0.3 is 39.4 Å². The molecule has 1 heterocycles. The molecule has 0 bridgehead atoms. The van der Waals surface area contributed by atoms with Crippen molar-refractivity contribution in [1.82, 2.24) is 0 Å². The standard InChI is InChI=1S/C56H96O9/c1-3-5-7-9-11-13-15-17-19-21-22-23-24-25-26-27-28-29-30-32-34-36-38-40-42-44-46-62-48-50(49-63-56-55(61)54(60)53(59)51(47-57)65-56)64-52(58)45-43-41-39-37-35-33-31-20-18-16-14-12-10-8-6-4-2/h5,7,11,13-14,16-17,19-20,22-23,25-26,31,50-51,53-57,59-61H,3-4,6,8-10,12,15,18,21,24,27-30,32-49H2,1-2H3/b7-5-,13-11-,16-14-,19-17-,23-22-,26-25-,31-20-. The molecule has 1 fully saturated rings. The minimum Gasteiger partial charge on any atom is -0.457 e. The van der Waals surface area contributed by atoms with Gasteiger partial charge in [-0.2, -0.15) is 0 Å². The van der Waals surface area contributed by atoms with Crippen molar-refractivity contribution in [3.63, 3.8) is 0 Å². The third-order valence-electron chi connectivity index (χ3n) is 11.5. The highest BCUT2D eigenvalue weighted by molar-refractivity contribution is 5.69. The largest absolute Gasteiger partial charge is 0.457 e. The normalized spacial score (nSPS) is 20.1. The van der Waals surface area contributed by atoms with Gasteiger partial charge in [-0.05, 0) is 89.9 Å². The van der Waals surface area contributed by atoms with Gasteiger partial charge in [0.1, 0.15) is 30.5 Å². The first-order valence-corrected chi connectivity index (χ1v) is 26.2. The van der Waals surface area contributed by atoms with Crippen molar-refractivity contribution >= 4 is 5.97 Å². The number of unbranched alkanes of at least 4 members (excludes halogenated alkanes) is 19. The van der Waals surface area contributed by atoms with E-state index in [0.29, 0.717) is 13.0 Å². The number of rotatable bonds is 44. The molecule has 1 aliphatic rings. The molecule has 65 heavy (non-hydrogen) atoms. The van der Waals surface area contributed by atoms with Gasteiger partial charge in [0, 0.05) is 13.0 Å². The van der Waals surface area contributed by atoms with Crippen molar-refractivity contribution < 1.29 is 44.2 Å². The number of carbonyl (C=O) groups is 1. The third-order valence-corrected chi connectivity index (χ3v) is 11.5. The second kappa shape index (κ2) is 46.5. The van der Waals surface area contributed by atoms with E-state index in [1.807, 2.05) is 0 Å². The first-order chi connectivity index (χ1) is 31.9. The number of aliphatic hydroxyl groups is 4. The van der Waals surface area contributed by atoms with Crippen LogP contribution in [0.15, 0.2) is 85.1 Å². The number of carbonyl (C=O) groups excluding carboxylic acids is 1. The third kappa shape index (κ3) is 37.1.